The van der Waals surface area contributed by atoms with Crippen molar-refractivity contribution in [2.45, 2.75) is 33.2 Å². The van der Waals surface area contributed by atoms with Gasteiger partial charge >= 0.3 is 5.97 Å². The maximum Gasteiger partial charge on any atom is 0.338 e. The molecule has 2 heterocycles. The van der Waals surface area contributed by atoms with Crippen LogP contribution in [0.25, 0.3) is 10.9 Å². The van der Waals surface area contributed by atoms with E-state index in [-0.39, 0.29) is 12.4 Å². The second-order valence-corrected chi connectivity index (χ2v) is 8.26. The van der Waals surface area contributed by atoms with E-state index in [2.05, 4.69) is 4.98 Å². The van der Waals surface area contributed by atoms with Crippen molar-refractivity contribution in [3.8, 4) is 0 Å². The van der Waals surface area contributed by atoms with Gasteiger partial charge in [0.25, 0.3) is 5.91 Å². The van der Waals surface area contributed by atoms with Crippen LogP contribution in [0.5, 0.6) is 0 Å². The number of benzene rings is 2. The van der Waals surface area contributed by atoms with Crippen molar-refractivity contribution >= 4 is 34.3 Å². The molecule has 0 bridgehead atoms. The van der Waals surface area contributed by atoms with E-state index in [1.807, 2.05) is 31.2 Å². The molecular formula is C26H26N2O5. The molecule has 2 unspecified atom stereocenters. The van der Waals surface area contributed by atoms with Crippen LogP contribution in [0.3, 0.4) is 0 Å². The smallest absolute Gasteiger partial charge is 0.338 e. The molecule has 3 aromatic rings. The van der Waals surface area contributed by atoms with E-state index in [1.54, 1.807) is 31.2 Å². The molecule has 0 radical (unpaired) electrons. The van der Waals surface area contributed by atoms with Gasteiger partial charge in [0, 0.05) is 23.1 Å². The van der Waals surface area contributed by atoms with Crippen LogP contribution in [0.4, 0.5) is 0 Å². The van der Waals surface area contributed by atoms with E-state index in [0.717, 1.165) is 22.2 Å². The minimum Gasteiger partial charge on any atom is -0.462 e. The molecule has 0 spiro atoms. The molecule has 7 heteroatoms. The van der Waals surface area contributed by atoms with Crippen LogP contribution >= 0.6 is 0 Å². The lowest BCUT2D eigenvalue weighted by Gasteiger charge is -2.27. The normalized spacial score (nSPS) is 18.2. The number of esters is 1. The molecule has 2 aromatic carbocycles. The van der Waals surface area contributed by atoms with E-state index in [1.165, 1.54) is 11.8 Å². The number of likely N-dealkylation sites (tertiary alicyclic amines) is 1. The molecule has 1 saturated heterocycles. The number of carbonyl (C=O) groups is 4. The van der Waals surface area contributed by atoms with Gasteiger partial charge in [-0.15, -0.1) is 0 Å². The minimum atomic E-state index is -1.06. The summed E-state index contributed by atoms with van der Waals surface area (Å²) < 4.78 is 5.02. The molecular weight excluding hydrogens is 420 g/mol. The number of aromatic nitrogens is 1. The standard InChI is InChI=1S/C26H26N2O5/c1-4-33-26(32)18-11-9-17(10-12-18)23-22(16(3)29)24(30)25(31)28(23)14-13-19-15(2)27-21-8-6-5-7-20(19)21/h5-12,22-23,27H,4,13-14H2,1-3H3. The molecule has 7 nitrogen and oxygen atoms in total. The average Bonchev–Trinajstić information content (AvgIpc) is 3.25. The Morgan fingerprint density at radius 1 is 1.06 bits per heavy atom. The molecule has 33 heavy (non-hydrogen) atoms. The first-order chi connectivity index (χ1) is 15.8. The maximum atomic E-state index is 12.9. The van der Waals surface area contributed by atoms with Gasteiger partial charge in [-0.3, -0.25) is 14.4 Å². The second kappa shape index (κ2) is 9.02. The van der Waals surface area contributed by atoms with Crippen molar-refractivity contribution in [1.82, 2.24) is 9.88 Å². The Morgan fingerprint density at radius 3 is 2.42 bits per heavy atom. The number of hydrogen-bond donors (Lipinski definition) is 1. The first-order valence-corrected chi connectivity index (χ1v) is 11.0. The number of para-hydroxylation sites is 1. The van der Waals surface area contributed by atoms with Crippen molar-refractivity contribution in [2.75, 3.05) is 13.2 Å². The van der Waals surface area contributed by atoms with Gasteiger partial charge < -0.3 is 14.6 Å². The third-order valence-corrected chi connectivity index (χ3v) is 6.24. The zero-order valence-electron chi connectivity index (χ0n) is 18.9. The number of hydrogen-bond acceptors (Lipinski definition) is 5. The van der Waals surface area contributed by atoms with Gasteiger partial charge in [0.1, 0.15) is 11.7 Å². The van der Waals surface area contributed by atoms with E-state index in [4.69, 9.17) is 4.74 Å². The fourth-order valence-electron chi connectivity index (χ4n) is 4.66. The number of H-pyrrole nitrogens is 1. The lowest BCUT2D eigenvalue weighted by atomic mass is 9.89. The molecule has 1 aliphatic heterocycles. The van der Waals surface area contributed by atoms with Crippen molar-refractivity contribution in [2.24, 2.45) is 5.92 Å². The van der Waals surface area contributed by atoms with Crippen LogP contribution in [0.2, 0.25) is 0 Å². The summed E-state index contributed by atoms with van der Waals surface area (Å²) in [5.74, 6) is -3.18. The number of fused-ring (bicyclic) bond motifs is 1. The van der Waals surface area contributed by atoms with Crippen LogP contribution in [0.1, 0.15) is 47.1 Å². The fraction of sp³-hybridized carbons (Fsp3) is 0.308. The highest BCUT2D eigenvalue weighted by atomic mass is 16.5. The Bertz CT molecular complexity index is 1240. The minimum absolute atomic E-state index is 0.264. The number of ketones is 2. The summed E-state index contributed by atoms with van der Waals surface area (Å²) >= 11 is 0. The topological polar surface area (TPSA) is 96.5 Å². The molecule has 1 aromatic heterocycles. The predicted octanol–water partition coefficient (Wildman–Crippen LogP) is 3.55. The third kappa shape index (κ3) is 4.06. The Hall–Kier alpha value is -3.74. The zero-order valence-corrected chi connectivity index (χ0v) is 18.9. The number of amides is 1. The number of nitrogens with zero attached hydrogens (tertiary/aromatic N) is 1. The fourth-order valence-corrected chi connectivity index (χ4v) is 4.66. The molecule has 1 fully saturated rings. The summed E-state index contributed by atoms with van der Waals surface area (Å²) in [6.07, 6.45) is 0.539. The van der Waals surface area contributed by atoms with Crippen LogP contribution in [-0.2, 0) is 25.5 Å². The summed E-state index contributed by atoms with van der Waals surface area (Å²) in [5.41, 5.74) is 4.11. The highest BCUT2D eigenvalue weighted by molar-refractivity contribution is 6.42. The second-order valence-electron chi connectivity index (χ2n) is 8.26. The average molecular weight is 447 g/mol. The van der Waals surface area contributed by atoms with Crippen LogP contribution in [-0.4, -0.2) is 46.5 Å². The first-order valence-electron chi connectivity index (χ1n) is 11.0. The van der Waals surface area contributed by atoms with Gasteiger partial charge in [-0.2, -0.15) is 0 Å². The van der Waals surface area contributed by atoms with Crippen LogP contribution in [0.15, 0.2) is 48.5 Å². The molecule has 1 aliphatic rings. The summed E-state index contributed by atoms with van der Waals surface area (Å²) in [6.45, 7) is 5.60. The molecule has 0 aliphatic carbocycles. The third-order valence-electron chi connectivity index (χ3n) is 6.24. The highest BCUT2D eigenvalue weighted by Crippen LogP contribution is 2.37. The summed E-state index contributed by atoms with van der Waals surface area (Å²) in [7, 11) is 0. The van der Waals surface area contributed by atoms with Gasteiger partial charge in [0.05, 0.1) is 18.2 Å². The molecule has 0 saturated carbocycles. The maximum absolute atomic E-state index is 12.9. The summed E-state index contributed by atoms with van der Waals surface area (Å²) in [6, 6.07) is 13.8. The van der Waals surface area contributed by atoms with E-state index in [9.17, 15) is 19.2 Å². The SMILES string of the molecule is CCOC(=O)c1ccc(C2C(C(C)=O)C(=O)C(=O)N2CCc2c(C)[nH]c3ccccc23)cc1. The number of aromatic amines is 1. The number of aryl methyl sites for hydroxylation is 1. The molecule has 1 amide bonds. The van der Waals surface area contributed by atoms with Gasteiger partial charge in [-0.1, -0.05) is 30.3 Å². The molecule has 170 valence electrons. The van der Waals surface area contributed by atoms with E-state index >= 15 is 0 Å². The quantitative estimate of drug-likeness (QED) is 0.340. The first kappa shape index (κ1) is 22.5. The number of carbonyl (C=O) groups excluding carboxylic acids is 4. The monoisotopic (exact) mass is 446 g/mol. The Balaban J connectivity index is 1.65. The van der Waals surface area contributed by atoms with Gasteiger partial charge in [-0.05, 0) is 56.5 Å². The van der Waals surface area contributed by atoms with Crippen molar-refractivity contribution in [1.29, 1.82) is 0 Å². The van der Waals surface area contributed by atoms with E-state index in [0.29, 0.717) is 24.1 Å². The number of ether oxygens (including phenoxy) is 1. The molecule has 1 N–H and O–H groups in total. The van der Waals surface area contributed by atoms with Gasteiger partial charge in [0.15, 0.2) is 0 Å². The summed E-state index contributed by atoms with van der Waals surface area (Å²) in [5, 5.41) is 1.08. The largest absolute Gasteiger partial charge is 0.462 e. The lowest BCUT2D eigenvalue weighted by molar-refractivity contribution is -0.142. The molecule has 2 atom stereocenters. The van der Waals surface area contributed by atoms with Gasteiger partial charge in [-0.25, -0.2) is 4.79 Å². The highest BCUT2D eigenvalue weighted by Gasteiger charge is 2.50. The van der Waals surface area contributed by atoms with Crippen molar-refractivity contribution < 1.29 is 23.9 Å². The van der Waals surface area contributed by atoms with Crippen molar-refractivity contribution in [3.05, 3.63) is 70.9 Å². The Labute approximate surface area is 191 Å². The lowest BCUT2D eigenvalue weighted by Crippen LogP contribution is -2.32. The van der Waals surface area contributed by atoms with Crippen LogP contribution < -0.4 is 0 Å². The Kier molecular flexibility index (Phi) is 6.14. The van der Waals surface area contributed by atoms with Crippen LogP contribution in [0, 0.1) is 12.8 Å². The number of Topliss-reactive ketones (excluding diaryl/α,β-unsaturated/α-hetero) is 2. The molecule has 4 rings (SSSR count). The van der Waals surface area contributed by atoms with Gasteiger partial charge in [0.2, 0.25) is 5.78 Å². The van der Waals surface area contributed by atoms with E-state index < -0.39 is 29.6 Å². The number of rotatable bonds is 7. The predicted molar refractivity (Wildman–Crippen MR) is 123 cm³/mol. The Morgan fingerprint density at radius 2 is 1.76 bits per heavy atom. The number of nitrogens with one attached hydrogen (secondary N) is 1. The summed E-state index contributed by atoms with van der Waals surface area (Å²) in [4.78, 5) is 54.9. The van der Waals surface area contributed by atoms with Crippen molar-refractivity contribution in [3.63, 3.8) is 0 Å². The zero-order chi connectivity index (χ0) is 23.7.